The second-order valence-corrected chi connectivity index (χ2v) is 6.81. The number of hydrogen-bond acceptors (Lipinski definition) is 3. The van der Waals surface area contributed by atoms with Crippen LogP contribution >= 0.6 is 0 Å². The Morgan fingerprint density at radius 2 is 2.17 bits per heavy atom. The summed E-state index contributed by atoms with van der Waals surface area (Å²) in [6.45, 7) is 7.16. The van der Waals surface area contributed by atoms with Gasteiger partial charge in [0.1, 0.15) is 5.75 Å². The highest BCUT2D eigenvalue weighted by Gasteiger charge is 2.34. The molecule has 1 unspecified atom stereocenters. The van der Waals surface area contributed by atoms with Crippen LogP contribution in [0.4, 0.5) is 0 Å². The fourth-order valence-electron chi connectivity index (χ4n) is 3.32. The van der Waals surface area contributed by atoms with Crippen LogP contribution in [-0.4, -0.2) is 50.2 Å². The third-order valence-electron chi connectivity index (χ3n) is 4.84. The molecule has 2 fully saturated rings. The molecule has 0 bridgehead atoms. The maximum Gasteiger partial charge on any atom is 0.191 e. The van der Waals surface area contributed by atoms with E-state index in [4.69, 9.17) is 9.73 Å². The van der Waals surface area contributed by atoms with Crippen molar-refractivity contribution >= 4 is 5.96 Å². The lowest BCUT2D eigenvalue weighted by atomic mass is 10.1. The largest absolute Gasteiger partial charge is 0.497 e. The van der Waals surface area contributed by atoms with E-state index in [1.165, 1.54) is 32.4 Å². The maximum atomic E-state index is 5.27. The van der Waals surface area contributed by atoms with Crippen molar-refractivity contribution in [3.05, 3.63) is 29.8 Å². The van der Waals surface area contributed by atoms with E-state index in [-0.39, 0.29) is 0 Å². The molecule has 1 atom stereocenters. The van der Waals surface area contributed by atoms with E-state index in [0.29, 0.717) is 6.54 Å². The zero-order chi connectivity index (χ0) is 16.8. The number of guanidine groups is 1. The molecule has 24 heavy (non-hydrogen) atoms. The van der Waals surface area contributed by atoms with Crippen molar-refractivity contribution in [2.75, 3.05) is 33.3 Å². The van der Waals surface area contributed by atoms with Gasteiger partial charge >= 0.3 is 0 Å². The first-order valence-corrected chi connectivity index (χ1v) is 9.17. The Morgan fingerprint density at radius 1 is 1.29 bits per heavy atom. The number of nitrogens with one attached hydrogen (secondary N) is 2. The summed E-state index contributed by atoms with van der Waals surface area (Å²) in [5.74, 6) is 2.53. The van der Waals surface area contributed by atoms with Crippen LogP contribution in [0.15, 0.2) is 29.3 Å². The molecule has 5 nitrogen and oxygen atoms in total. The van der Waals surface area contributed by atoms with E-state index in [9.17, 15) is 0 Å². The maximum absolute atomic E-state index is 5.27. The zero-order valence-corrected chi connectivity index (χ0v) is 14.9. The van der Waals surface area contributed by atoms with Crippen molar-refractivity contribution in [2.45, 2.75) is 38.8 Å². The fourth-order valence-corrected chi connectivity index (χ4v) is 3.32. The van der Waals surface area contributed by atoms with Crippen LogP contribution in [0.2, 0.25) is 0 Å². The van der Waals surface area contributed by atoms with Gasteiger partial charge in [-0.15, -0.1) is 0 Å². The van der Waals surface area contributed by atoms with Gasteiger partial charge < -0.3 is 20.3 Å². The molecule has 2 N–H and O–H groups in total. The highest BCUT2D eigenvalue weighted by Crippen LogP contribution is 2.31. The van der Waals surface area contributed by atoms with Crippen molar-refractivity contribution in [3.8, 4) is 5.75 Å². The molecule has 0 amide bonds. The van der Waals surface area contributed by atoms with Gasteiger partial charge in [-0.1, -0.05) is 12.1 Å². The predicted molar refractivity (Wildman–Crippen MR) is 98.5 cm³/mol. The Bertz CT molecular complexity index is 556. The van der Waals surface area contributed by atoms with Gasteiger partial charge in [-0.05, 0) is 56.3 Å². The van der Waals surface area contributed by atoms with Crippen molar-refractivity contribution in [2.24, 2.45) is 10.9 Å². The van der Waals surface area contributed by atoms with E-state index in [0.717, 1.165) is 42.3 Å². The Morgan fingerprint density at radius 3 is 2.92 bits per heavy atom. The van der Waals surface area contributed by atoms with Crippen LogP contribution in [0.25, 0.3) is 0 Å². The third-order valence-corrected chi connectivity index (χ3v) is 4.84. The van der Waals surface area contributed by atoms with Crippen molar-refractivity contribution < 1.29 is 4.74 Å². The van der Waals surface area contributed by atoms with Crippen LogP contribution in [0.3, 0.4) is 0 Å². The highest BCUT2D eigenvalue weighted by atomic mass is 16.5. The molecule has 1 aliphatic heterocycles. The van der Waals surface area contributed by atoms with Gasteiger partial charge in [0.25, 0.3) is 0 Å². The number of ether oxygens (including phenoxy) is 1. The van der Waals surface area contributed by atoms with Crippen molar-refractivity contribution in [1.82, 2.24) is 15.5 Å². The summed E-state index contributed by atoms with van der Waals surface area (Å²) in [6.07, 6.45) is 4.12. The summed E-state index contributed by atoms with van der Waals surface area (Å²) < 4.78 is 5.27. The van der Waals surface area contributed by atoms with Crippen molar-refractivity contribution in [1.29, 1.82) is 0 Å². The summed E-state index contributed by atoms with van der Waals surface area (Å²) in [5, 5.41) is 6.87. The first-order valence-electron chi connectivity index (χ1n) is 9.17. The van der Waals surface area contributed by atoms with Crippen LogP contribution in [0.1, 0.15) is 31.7 Å². The lowest BCUT2D eigenvalue weighted by Gasteiger charge is -2.17. The Labute approximate surface area is 145 Å². The SMILES string of the molecule is CCNC(=NCc1cccc(OC)c1)NCC1CCN(C2CC2)C1. The van der Waals surface area contributed by atoms with Crippen molar-refractivity contribution in [3.63, 3.8) is 0 Å². The van der Waals surface area contributed by atoms with E-state index >= 15 is 0 Å². The Balaban J connectivity index is 1.49. The topological polar surface area (TPSA) is 48.9 Å². The molecule has 2 aliphatic rings. The first kappa shape index (κ1) is 17.1. The molecule has 3 rings (SSSR count). The third kappa shape index (κ3) is 4.87. The molecule has 0 radical (unpaired) electrons. The van der Waals surface area contributed by atoms with Gasteiger partial charge in [0.2, 0.25) is 0 Å². The van der Waals surface area contributed by atoms with Gasteiger partial charge in [0.05, 0.1) is 13.7 Å². The highest BCUT2D eigenvalue weighted by molar-refractivity contribution is 5.79. The second-order valence-electron chi connectivity index (χ2n) is 6.81. The molecule has 1 saturated heterocycles. The average Bonchev–Trinajstić information content (AvgIpc) is 3.36. The molecule has 1 heterocycles. The minimum absolute atomic E-state index is 0.658. The number of nitrogens with zero attached hydrogens (tertiary/aromatic N) is 2. The summed E-state index contributed by atoms with van der Waals surface area (Å²) in [7, 11) is 1.69. The summed E-state index contributed by atoms with van der Waals surface area (Å²) in [5.41, 5.74) is 1.16. The number of rotatable bonds is 7. The van der Waals surface area contributed by atoms with Gasteiger partial charge in [-0.3, -0.25) is 0 Å². The normalized spacial score (nSPS) is 21.8. The number of methoxy groups -OCH3 is 1. The van der Waals surface area contributed by atoms with Crippen LogP contribution in [-0.2, 0) is 6.54 Å². The quantitative estimate of drug-likeness (QED) is 0.595. The molecular weight excluding hydrogens is 300 g/mol. The lowest BCUT2D eigenvalue weighted by molar-refractivity contribution is 0.314. The molecule has 0 spiro atoms. The summed E-state index contributed by atoms with van der Waals surface area (Å²) in [6, 6.07) is 8.99. The standard InChI is InChI=1S/C19H30N4O/c1-3-20-19(21-12-15-5-4-6-18(11-15)24-2)22-13-16-9-10-23(14-16)17-7-8-17/h4-6,11,16-17H,3,7-10,12-14H2,1-2H3,(H2,20,21,22). The molecule has 1 aliphatic carbocycles. The average molecular weight is 330 g/mol. The molecule has 1 aromatic carbocycles. The second kappa shape index (κ2) is 8.38. The van der Waals surface area contributed by atoms with Gasteiger partial charge in [-0.25, -0.2) is 4.99 Å². The van der Waals surface area contributed by atoms with Gasteiger partial charge in [0.15, 0.2) is 5.96 Å². The zero-order valence-electron chi connectivity index (χ0n) is 14.9. The van der Waals surface area contributed by atoms with Crippen LogP contribution in [0.5, 0.6) is 5.75 Å². The van der Waals surface area contributed by atoms with Gasteiger partial charge in [-0.2, -0.15) is 0 Å². The number of hydrogen-bond donors (Lipinski definition) is 2. The van der Waals surface area contributed by atoms with E-state index in [1.807, 2.05) is 18.2 Å². The minimum atomic E-state index is 0.658. The molecular formula is C19H30N4O. The van der Waals surface area contributed by atoms with Crippen LogP contribution < -0.4 is 15.4 Å². The molecule has 132 valence electrons. The van der Waals surface area contributed by atoms with Gasteiger partial charge in [0, 0.05) is 25.7 Å². The summed E-state index contributed by atoms with van der Waals surface area (Å²) in [4.78, 5) is 7.37. The fraction of sp³-hybridized carbons (Fsp3) is 0.632. The summed E-state index contributed by atoms with van der Waals surface area (Å²) >= 11 is 0. The minimum Gasteiger partial charge on any atom is -0.497 e. The van der Waals surface area contributed by atoms with E-state index in [2.05, 4.69) is 28.5 Å². The first-order chi connectivity index (χ1) is 11.8. The number of aliphatic imine (C=N–C) groups is 1. The predicted octanol–water partition coefficient (Wildman–Crippen LogP) is 2.23. The smallest absolute Gasteiger partial charge is 0.191 e. The van der Waals surface area contributed by atoms with E-state index in [1.54, 1.807) is 7.11 Å². The molecule has 1 aromatic rings. The molecule has 1 saturated carbocycles. The monoisotopic (exact) mass is 330 g/mol. The Hall–Kier alpha value is -1.75. The number of likely N-dealkylation sites (tertiary alicyclic amines) is 1. The Kier molecular flexibility index (Phi) is 5.96. The molecule has 5 heteroatoms. The molecule has 0 aromatic heterocycles. The lowest BCUT2D eigenvalue weighted by Crippen LogP contribution is -2.40. The van der Waals surface area contributed by atoms with E-state index < -0.39 is 0 Å². The van der Waals surface area contributed by atoms with Crippen LogP contribution in [0, 0.1) is 5.92 Å². The number of benzene rings is 1.